The summed E-state index contributed by atoms with van der Waals surface area (Å²) in [4.78, 5) is 0. The van der Waals surface area contributed by atoms with Crippen molar-refractivity contribution in [2.45, 2.75) is 6.54 Å². The fourth-order valence-electron chi connectivity index (χ4n) is 1.43. The van der Waals surface area contributed by atoms with Crippen LogP contribution in [0.25, 0.3) is 0 Å². The molecule has 2 aromatic carbocycles. The van der Waals surface area contributed by atoms with E-state index in [4.69, 9.17) is 11.6 Å². The fourth-order valence-corrected chi connectivity index (χ4v) is 2.71. The Morgan fingerprint density at radius 3 is 2.24 bits per heavy atom. The third-order valence-corrected chi connectivity index (χ3v) is 4.03. The largest absolute Gasteiger partial charge is 0.380 e. The third kappa shape index (κ3) is 3.99. The van der Waals surface area contributed by atoms with Crippen molar-refractivity contribution in [2.75, 3.05) is 5.32 Å². The van der Waals surface area contributed by atoms with Gasteiger partial charge in [0.25, 0.3) is 0 Å². The summed E-state index contributed by atoms with van der Waals surface area (Å²) < 4.78 is 2.39. The van der Waals surface area contributed by atoms with Crippen LogP contribution < -0.4 is 5.32 Å². The topological polar surface area (TPSA) is 12.0 Å². The van der Waals surface area contributed by atoms with Crippen LogP contribution in [0.1, 0.15) is 5.56 Å². The zero-order chi connectivity index (χ0) is 12.3. The summed E-state index contributed by atoms with van der Waals surface area (Å²) in [6.07, 6.45) is 0. The predicted octanol–water partition coefficient (Wildman–Crippen LogP) is 5.16. The van der Waals surface area contributed by atoms with Crippen molar-refractivity contribution in [1.82, 2.24) is 0 Å². The molecule has 0 radical (unpaired) electrons. The molecule has 1 nitrogen and oxygen atoms in total. The molecule has 0 aliphatic carbocycles. The minimum atomic E-state index is 0.766. The minimum absolute atomic E-state index is 0.766. The monoisotopic (exact) mass is 469 g/mol. The molecule has 4 heteroatoms. The molecule has 0 heterocycles. The molecule has 0 atom stereocenters. The second kappa shape index (κ2) is 6.24. The van der Waals surface area contributed by atoms with Crippen LogP contribution in [-0.4, -0.2) is 0 Å². The van der Waals surface area contributed by atoms with Gasteiger partial charge >= 0.3 is 0 Å². The van der Waals surface area contributed by atoms with Crippen molar-refractivity contribution < 1.29 is 0 Å². The minimum Gasteiger partial charge on any atom is -0.380 e. The summed E-state index contributed by atoms with van der Waals surface area (Å²) in [7, 11) is 0. The summed E-state index contributed by atoms with van der Waals surface area (Å²) in [6.45, 7) is 0.789. The van der Waals surface area contributed by atoms with Crippen LogP contribution in [0, 0.1) is 7.14 Å². The van der Waals surface area contributed by atoms with Gasteiger partial charge in [0.2, 0.25) is 0 Å². The van der Waals surface area contributed by atoms with Crippen LogP contribution >= 0.6 is 56.8 Å². The van der Waals surface area contributed by atoms with Crippen molar-refractivity contribution in [3.05, 3.63) is 60.2 Å². The number of halogens is 3. The van der Waals surface area contributed by atoms with E-state index < -0.39 is 0 Å². The van der Waals surface area contributed by atoms with Crippen LogP contribution in [0.15, 0.2) is 42.5 Å². The average molecular weight is 469 g/mol. The molecule has 0 spiro atoms. The van der Waals surface area contributed by atoms with Gasteiger partial charge < -0.3 is 5.32 Å². The molecule has 0 aliphatic heterocycles. The van der Waals surface area contributed by atoms with Gasteiger partial charge in [-0.15, -0.1) is 0 Å². The molecule has 0 fully saturated rings. The van der Waals surface area contributed by atoms with Crippen LogP contribution in [0.3, 0.4) is 0 Å². The molecule has 0 unspecified atom stereocenters. The number of nitrogens with one attached hydrogen (secondary N) is 1. The lowest BCUT2D eigenvalue weighted by Gasteiger charge is -2.08. The molecule has 1 N–H and O–H groups in total. The Morgan fingerprint density at radius 1 is 0.941 bits per heavy atom. The van der Waals surface area contributed by atoms with E-state index in [9.17, 15) is 0 Å². The number of anilines is 1. The normalized spacial score (nSPS) is 10.3. The first-order valence-electron chi connectivity index (χ1n) is 5.08. The molecular weight excluding hydrogens is 459 g/mol. The smallest absolute Gasteiger partial charge is 0.0648 e. The predicted molar refractivity (Wildman–Crippen MR) is 90.7 cm³/mol. The zero-order valence-electron chi connectivity index (χ0n) is 8.88. The van der Waals surface area contributed by atoms with Crippen LogP contribution in [0.5, 0.6) is 0 Å². The molecule has 2 rings (SSSR count). The zero-order valence-corrected chi connectivity index (χ0v) is 14.0. The highest BCUT2D eigenvalue weighted by Gasteiger charge is 2.00. The first-order valence-corrected chi connectivity index (χ1v) is 7.62. The summed E-state index contributed by atoms with van der Waals surface area (Å²) in [6, 6.07) is 14.5. The van der Waals surface area contributed by atoms with E-state index in [1.54, 1.807) is 0 Å². The summed E-state index contributed by atoms with van der Waals surface area (Å²) in [5.41, 5.74) is 2.23. The Hall–Kier alpha value is -0.0100. The first-order chi connectivity index (χ1) is 8.15. The van der Waals surface area contributed by atoms with Gasteiger partial charge in [-0.2, -0.15) is 0 Å². The SMILES string of the molecule is Clc1cc(I)ccc1NCc1ccc(I)cc1. The molecule has 0 bridgehead atoms. The highest BCUT2D eigenvalue weighted by atomic mass is 127. The number of hydrogen-bond donors (Lipinski definition) is 1. The summed E-state index contributed by atoms with van der Waals surface area (Å²) in [5.74, 6) is 0. The van der Waals surface area contributed by atoms with E-state index in [-0.39, 0.29) is 0 Å². The van der Waals surface area contributed by atoms with E-state index in [0.29, 0.717) is 0 Å². The molecule has 0 saturated heterocycles. The van der Waals surface area contributed by atoms with Gasteiger partial charge in [-0.25, -0.2) is 0 Å². The fraction of sp³-hybridized carbons (Fsp3) is 0.0769. The van der Waals surface area contributed by atoms with Crippen molar-refractivity contribution in [3.63, 3.8) is 0 Å². The van der Waals surface area contributed by atoms with Crippen LogP contribution in [0.2, 0.25) is 5.02 Å². The Morgan fingerprint density at radius 2 is 1.59 bits per heavy atom. The van der Waals surface area contributed by atoms with E-state index >= 15 is 0 Å². The van der Waals surface area contributed by atoms with Gasteiger partial charge in [0.05, 0.1) is 10.7 Å². The molecule has 17 heavy (non-hydrogen) atoms. The van der Waals surface area contributed by atoms with Gasteiger partial charge in [-0.1, -0.05) is 23.7 Å². The average Bonchev–Trinajstić information content (AvgIpc) is 2.30. The molecule has 0 saturated carbocycles. The number of benzene rings is 2. The Bertz CT molecular complexity index is 511. The lowest BCUT2D eigenvalue weighted by Crippen LogP contribution is -1.99. The second-order valence-corrected chi connectivity index (χ2v) is 6.50. The molecule has 2 aromatic rings. The van der Waals surface area contributed by atoms with E-state index in [1.165, 1.54) is 9.13 Å². The van der Waals surface area contributed by atoms with Crippen molar-refractivity contribution in [2.24, 2.45) is 0 Å². The molecule has 88 valence electrons. The van der Waals surface area contributed by atoms with Gasteiger partial charge in [-0.3, -0.25) is 0 Å². The maximum atomic E-state index is 6.15. The molecular formula is C13H10ClI2N. The van der Waals surface area contributed by atoms with Gasteiger partial charge in [-0.05, 0) is 81.1 Å². The highest BCUT2D eigenvalue weighted by molar-refractivity contribution is 14.1. The number of hydrogen-bond acceptors (Lipinski definition) is 1. The molecule has 0 amide bonds. The Kier molecular flexibility index (Phi) is 4.93. The quantitative estimate of drug-likeness (QED) is 0.613. The maximum Gasteiger partial charge on any atom is 0.0648 e. The molecule has 0 aliphatic rings. The highest BCUT2D eigenvalue weighted by Crippen LogP contribution is 2.24. The van der Waals surface area contributed by atoms with Gasteiger partial charge in [0.1, 0.15) is 0 Å². The van der Waals surface area contributed by atoms with Crippen molar-refractivity contribution in [1.29, 1.82) is 0 Å². The van der Waals surface area contributed by atoms with Crippen LogP contribution in [0.4, 0.5) is 5.69 Å². The summed E-state index contributed by atoms with van der Waals surface area (Å²) in [5, 5.41) is 4.10. The first kappa shape index (κ1) is 13.4. The Balaban J connectivity index is 2.04. The lowest BCUT2D eigenvalue weighted by atomic mass is 10.2. The summed E-state index contributed by atoms with van der Waals surface area (Å²) >= 11 is 10.7. The Labute approximate surface area is 133 Å². The molecule has 0 aromatic heterocycles. The van der Waals surface area contributed by atoms with Crippen molar-refractivity contribution in [3.8, 4) is 0 Å². The van der Waals surface area contributed by atoms with E-state index in [1.807, 2.05) is 18.2 Å². The second-order valence-electron chi connectivity index (χ2n) is 3.60. The maximum absolute atomic E-state index is 6.15. The van der Waals surface area contributed by atoms with Crippen molar-refractivity contribution >= 4 is 62.5 Å². The standard InChI is InChI=1S/C13H10ClI2N/c14-12-7-11(16)5-6-13(12)17-8-9-1-3-10(15)4-2-9/h1-7,17H,8H2. The van der Waals surface area contributed by atoms with Gasteiger partial charge in [0.15, 0.2) is 0 Å². The van der Waals surface area contributed by atoms with E-state index in [0.717, 1.165) is 20.8 Å². The van der Waals surface area contributed by atoms with E-state index in [2.05, 4.69) is 74.8 Å². The van der Waals surface area contributed by atoms with Gasteiger partial charge in [0, 0.05) is 13.7 Å². The van der Waals surface area contributed by atoms with Crippen LogP contribution in [-0.2, 0) is 6.54 Å². The number of rotatable bonds is 3. The third-order valence-electron chi connectivity index (χ3n) is 2.33. The lowest BCUT2D eigenvalue weighted by molar-refractivity contribution is 1.15.